The number of rotatable bonds is 2. The van der Waals surface area contributed by atoms with Crippen molar-refractivity contribution in [3.63, 3.8) is 0 Å². The monoisotopic (exact) mass is 197 g/mol. The van der Waals surface area contributed by atoms with E-state index in [9.17, 15) is 0 Å². The zero-order valence-electron chi connectivity index (χ0n) is 9.46. The van der Waals surface area contributed by atoms with E-state index >= 15 is 0 Å². The first kappa shape index (κ1) is 10.4. The summed E-state index contributed by atoms with van der Waals surface area (Å²) < 4.78 is 5.98. The van der Waals surface area contributed by atoms with E-state index in [1.54, 1.807) is 0 Å². The van der Waals surface area contributed by atoms with E-state index in [1.807, 2.05) is 0 Å². The van der Waals surface area contributed by atoms with Crippen LogP contribution in [0.1, 0.15) is 39.5 Å². The van der Waals surface area contributed by atoms with Crippen LogP contribution < -0.4 is 5.73 Å². The molecule has 0 spiro atoms. The summed E-state index contributed by atoms with van der Waals surface area (Å²) in [6.45, 7) is 6.46. The third-order valence-corrected chi connectivity index (χ3v) is 4.14. The minimum Gasteiger partial charge on any atom is -0.377 e. The van der Waals surface area contributed by atoms with Crippen LogP contribution in [0.4, 0.5) is 0 Å². The molecular formula is C12H23NO. The van der Waals surface area contributed by atoms with E-state index in [0.29, 0.717) is 11.5 Å². The summed E-state index contributed by atoms with van der Waals surface area (Å²) >= 11 is 0. The molecule has 2 nitrogen and oxygen atoms in total. The molecule has 14 heavy (non-hydrogen) atoms. The maximum Gasteiger partial charge on any atom is 0.0638 e. The van der Waals surface area contributed by atoms with Gasteiger partial charge >= 0.3 is 0 Å². The van der Waals surface area contributed by atoms with Gasteiger partial charge in [-0.2, -0.15) is 0 Å². The number of ether oxygens (including phenoxy) is 1. The third kappa shape index (κ3) is 1.70. The van der Waals surface area contributed by atoms with Crippen LogP contribution >= 0.6 is 0 Å². The van der Waals surface area contributed by atoms with Crippen molar-refractivity contribution in [1.82, 2.24) is 0 Å². The smallest absolute Gasteiger partial charge is 0.0638 e. The van der Waals surface area contributed by atoms with Crippen molar-refractivity contribution < 1.29 is 4.74 Å². The summed E-state index contributed by atoms with van der Waals surface area (Å²) in [7, 11) is 0. The molecule has 1 heterocycles. The zero-order chi connectivity index (χ0) is 10.2. The highest BCUT2D eigenvalue weighted by Crippen LogP contribution is 2.48. The van der Waals surface area contributed by atoms with Crippen LogP contribution in [0.15, 0.2) is 0 Å². The van der Waals surface area contributed by atoms with E-state index in [2.05, 4.69) is 13.8 Å². The van der Waals surface area contributed by atoms with Gasteiger partial charge in [0.1, 0.15) is 0 Å². The van der Waals surface area contributed by atoms with Crippen LogP contribution in [0.3, 0.4) is 0 Å². The number of nitrogens with two attached hydrogens (primary N) is 1. The average molecular weight is 197 g/mol. The molecule has 3 unspecified atom stereocenters. The Labute approximate surface area is 87.2 Å². The van der Waals surface area contributed by atoms with E-state index in [1.165, 1.54) is 19.3 Å². The predicted octanol–water partition coefficient (Wildman–Crippen LogP) is 2.18. The van der Waals surface area contributed by atoms with Crippen LogP contribution in [0, 0.1) is 17.3 Å². The molecule has 0 aromatic carbocycles. The molecule has 1 saturated carbocycles. The van der Waals surface area contributed by atoms with E-state index in [-0.39, 0.29) is 0 Å². The average Bonchev–Trinajstić information content (AvgIpc) is 2.45. The molecule has 2 N–H and O–H groups in total. The van der Waals surface area contributed by atoms with Crippen LogP contribution in [0.5, 0.6) is 0 Å². The molecule has 2 rings (SSSR count). The van der Waals surface area contributed by atoms with Gasteiger partial charge in [0.25, 0.3) is 0 Å². The van der Waals surface area contributed by atoms with Crippen molar-refractivity contribution in [3.8, 4) is 0 Å². The molecule has 3 atom stereocenters. The van der Waals surface area contributed by atoms with Gasteiger partial charge in [-0.3, -0.25) is 0 Å². The SMILES string of the molecule is CC1(C)COC2C(CCN)CCCC21. The first-order valence-corrected chi connectivity index (χ1v) is 5.97. The van der Waals surface area contributed by atoms with Gasteiger partial charge in [-0.05, 0) is 43.1 Å². The Kier molecular flexibility index (Phi) is 2.85. The summed E-state index contributed by atoms with van der Waals surface area (Å²) in [5.41, 5.74) is 6.05. The largest absolute Gasteiger partial charge is 0.377 e. The summed E-state index contributed by atoms with van der Waals surface area (Å²) in [4.78, 5) is 0. The van der Waals surface area contributed by atoms with Crippen molar-refractivity contribution >= 4 is 0 Å². The van der Waals surface area contributed by atoms with Crippen molar-refractivity contribution in [2.24, 2.45) is 23.0 Å². The highest BCUT2D eigenvalue weighted by Gasteiger charge is 2.47. The minimum atomic E-state index is 0.401. The second kappa shape index (κ2) is 3.82. The molecule has 0 radical (unpaired) electrons. The van der Waals surface area contributed by atoms with Crippen LogP contribution in [-0.4, -0.2) is 19.3 Å². The maximum atomic E-state index is 5.98. The van der Waals surface area contributed by atoms with Crippen molar-refractivity contribution in [1.29, 1.82) is 0 Å². The van der Waals surface area contributed by atoms with Gasteiger partial charge in [0, 0.05) is 0 Å². The van der Waals surface area contributed by atoms with Crippen molar-refractivity contribution in [3.05, 3.63) is 0 Å². The zero-order valence-corrected chi connectivity index (χ0v) is 9.46. The first-order valence-electron chi connectivity index (χ1n) is 5.97. The second-order valence-electron chi connectivity index (χ2n) is 5.64. The normalized spacial score (nSPS) is 40.9. The van der Waals surface area contributed by atoms with Crippen LogP contribution in [-0.2, 0) is 4.74 Å². The molecule has 1 saturated heterocycles. The summed E-state index contributed by atoms with van der Waals surface area (Å²) in [6.07, 6.45) is 5.73. The Morgan fingerprint density at radius 2 is 2.14 bits per heavy atom. The fraction of sp³-hybridized carbons (Fsp3) is 1.00. The van der Waals surface area contributed by atoms with Crippen LogP contribution in [0.25, 0.3) is 0 Å². The summed E-state index contributed by atoms with van der Waals surface area (Å²) in [5, 5.41) is 0. The van der Waals surface area contributed by atoms with Gasteiger partial charge in [-0.15, -0.1) is 0 Å². The third-order valence-electron chi connectivity index (χ3n) is 4.14. The predicted molar refractivity (Wildman–Crippen MR) is 58.0 cm³/mol. The van der Waals surface area contributed by atoms with Gasteiger partial charge in [0.05, 0.1) is 12.7 Å². The molecular weight excluding hydrogens is 174 g/mol. The molecule has 1 aliphatic heterocycles. The minimum absolute atomic E-state index is 0.401. The van der Waals surface area contributed by atoms with Gasteiger partial charge in [0.2, 0.25) is 0 Å². The highest BCUT2D eigenvalue weighted by molar-refractivity contribution is 4.95. The molecule has 1 aliphatic carbocycles. The van der Waals surface area contributed by atoms with E-state index in [4.69, 9.17) is 10.5 Å². The van der Waals surface area contributed by atoms with Gasteiger partial charge < -0.3 is 10.5 Å². The quantitative estimate of drug-likeness (QED) is 0.736. The Hall–Kier alpha value is -0.0800. The summed E-state index contributed by atoms with van der Waals surface area (Å²) in [5.74, 6) is 1.52. The van der Waals surface area contributed by atoms with Crippen LogP contribution in [0.2, 0.25) is 0 Å². The number of hydrogen-bond acceptors (Lipinski definition) is 2. The van der Waals surface area contributed by atoms with E-state index in [0.717, 1.165) is 31.4 Å². The fourth-order valence-corrected chi connectivity index (χ4v) is 3.29. The number of fused-ring (bicyclic) bond motifs is 1. The van der Waals surface area contributed by atoms with E-state index < -0.39 is 0 Å². The second-order valence-corrected chi connectivity index (χ2v) is 5.64. The molecule has 2 fully saturated rings. The topological polar surface area (TPSA) is 35.2 Å². The Morgan fingerprint density at radius 1 is 1.36 bits per heavy atom. The molecule has 2 aliphatic rings. The molecule has 0 aromatic heterocycles. The maximum absolute atomic E-state index is 5.98. The Bertz CT molecular complexity index is 200. The Morgan fingerprint density at radius 3 is 2.86 bits per heavy atom. The lowest BCUT2D eigenvalue weighted by Crippen LogP contribution is -2.36. The Balaban J connectivity index is 2.06. The first-order chi connectivity index (χ1) is 6.65. The summed E-state index contributed by atoms with van der Waals surface area (Å²) in [6, 6.07) is 0. The molecule has 0 bridgehead atoms. The lowest BCUT2D eigenvalue weighted by atomic mass is 9.68. The van der Waals surface area contributed by atoms with Gasteiger partial charge in [-0.25, -0.2) is 0 Å². The molecule has 2 heteroatoms. The van der Waals surface area contributed by atoms with Crippen molar-refractivity contribution in [2.75, 3.05) is 13.2 Å². The van der Waals surface area contributed by atoms with Crippen molar-refractivity contribution in [2.45, 2.75) is 45.6 Å². The molecule has 0 aromatic rings. The fourth-order valence-electron chi connectivity index (χ4n) is 3.29. The standard InChI is InChI=1S/C12H23NO/c1-12(2)8-14-11-9(6-7-13)4-3-5-10(11)12/h9-11H,3-8,13H2,1-2H3. The molecule has 0 amide bonds. The lowest BCUT2D eigenvalue weighted by molar-refractivity contribution is 0.0163. The van der Waals surface area contributed by atoms with Gasteiger partial charge in [0.15, 0.2) is 0 Å². The molecule has 82 valence electrons. The van der Waals surface area contributed by atoms with Gasteiger partial charge in [-0.1, -0.05) is 20.3 Å². The number of hydrogen-bond donors (Lipinski definition) is 1. The lowest BCUT2D eigenvalue weighted by Gasteiger charge is -2.37. The highest BCUT2D eigenvalue weighted by atomic mass is 16.5.